The minimum Gasteiger partial charge on any atom is -0.366 e. The Balaban J connectivity index is 1.20. The number of aromatic amines is 1. The highest BCUT2D eigenvalue weighted by Gasteiger charge is 2.46. The standard InChI is InChI=1S/C26H28F3N7O3/c27-26(28,29)23-20(15-32-33-25(23)39)36-7-1-2-19(36)18-5-4-17(24(18)38)12-22(37)35-10-8-34(9-11-35)21-6-3-16(13-30)14-31-21/h3,6,14-15,17-19H,1-2,4-5,7-12H2,(H,33,39)/t17-,18-,19-/m0/s1. The van der Waals surface area contributed by atoms with E-state index in [4.69, 9.17) is 5.26 Å². The molecule has 2 aliphatic heterocycles. The molecule has 0 bridgehead atoms. The molecule has 206 valence electrons. The van der Waals surface area contributed by atoms with Crippen molar-refractivity contribution in [3.8, 4) is 6.07 Å². The molecular weight excluding hydrogens is 515 g/mol. The molecule has 3 atom stereocenters. The van der Waals surface area contributed by atoms with Crippen LogP contribution in [0.1, 0.15) is 43.2 Å². The largest absolute Gasteiger partial charge is 0.423 e. The van der Waals surface area contributed by atoms with Crippen molar-refractivity contribution in [2.45, 2.75) is 44.3 Å². The molecule has 39 heavy (non-hydrogen) atoms. The zero-order valence-electron chi connectivity index (χ0n) is 21.2. The van der Waals surface area contributed by atoms with Crippen LogP contribution in [0.5, 0.6) is 0 Å². The van der Waals surface area contributed by atoms with Gasteiger partial charge in [-0.15, -0.1) is 0 Å². The number of hydrogen-bond acceptors (Lipinski definition) is 8. The minimum absolute atomic E-state index is 0.0809. The molecular formula is C26H28F3N7O3. The number of aromatic nitrogens is 3. The third kappa shape index (κ3) is 5.32. The maximum atomic E-state index is 13.7. The summed E-state index contributed by atoms with van der Waals surface area (Å²) < 4.78 is 41.0. The molecule has 1 N–H and O–H groups in total. The second-order valence-corrected chi connectivity index (χ2v) is 10.2. The average molecular weight is 544 g/mol. The summed E-state index contributed by atoms with van der Waals surface area (Å²) in [4.78, 5) is 48.0. The summed E-state index contributed by atoms with van der Waals surface area (Å²) in [6.07, 6.45) is -0.117. The van der Waals surface area contributed by atoms with Crippen LogP contribution in [0.2, 0.25) is 0 Å². The molecule has 10 nitrogen and oxygen atoms in total. The Bertz CT molecular complexity index is 1330. The Labute approximate surface area is 222 Å². The van der Waals surface area contributed by atoms with Crippen molar-refractivity contribution in [1.82, 2.24) is 20.1 Å². The van der Waals surface area contributed by atoms with E-state index in [-0.39, 0.29) is 23.8 Å². The van der Waals surface area contributed by atoms with Gasteiger partial charge in [0.1, 0.15) is 23.2 Å². The van der Waals surface area contributed by atoms with Crippen LogP contribution in [-0.2, 0) is 15.8 Å². The van der Waals surface area contributed by atoms with Crippen LogP contribution < -0.4 is 15.4 Å². The van der Waals surface area contributed by atoms with Gasteiger partial charge >= 0.3 is 6.18 Å². The van der Waals surface area contributed by atoms with E-state index in [2.05, 4.69) is 10.1 Å². The van der Waals surface area contributed by atoms with E-state index in [9.17, 15) is 27.6 Å². The van der Waals surface area contributed by atoms with E-state index in [1.165, 1.54) is 11.1 Å². The predicted octanol–water partition coefficient (Wildman–Crippen LogP) is 2.36. The number of amides is 1. The number of hydrogen-bond donors (Lipinski definition) is 1. The number of carbonyl (C=O) groups excluding carboxylic acids is 2. The van der Waals surface area contributed by atoms with Gasteiger partial charge < -0.3 is 14.7 Å². The van der Waals surface area contributed by atoms with Crippen LogP contribution in [0, 0.1) is 23.2 Å². The summed E-state index contributed by atoms with van der Waals surface area (Å²) in [6.45, 7) is 2.42. The molecule has 0 spiro atoms. The normalized spacial score (nSPS) is 23.8. The number of pyridine rings is 1. The molecule has 2 aromatic heterocycles. The molecule has 0 unspecified atom stereocenters. The zero-order chi connectivity index (χ0) is 27.7. The van der Waals surface area contributed by atoms with E-state index in [1.807, 2.05) is 16.1 Å². The Kier molecular flexibility index (Phi) is 7.29. The molecule has 3 aliphatic rings. The summed E-state index contributed by atoms with van der Waals surface area (Å²) >= 11 is 0. The van der Waals surface area contributed by atoms with Gasteiger partial charge in [0.05, 0.1) is 17.4 Å². The Hall–Kier alpha value is -3.95. The van der Waals surface area contributed by atoms with Gasteiger partial charge in [-0.2, -0.15) is 23.5 Å². The zero-order valence-corrected chi connectivity index (χ0v) is 21.2. The highest BCUT2D eigenvalue weighted by molar-refractivity contribution is 5.91. The predicted molar refractivity (Wildman–Crippen MR) is 134 cm³/mol. The summed E-state index contributed by atoms with van der Waals surface area (Å²) in [5.74, 6) is -0.428. The highest BCUT2D eigenvalue weighted by Crippen LogP contribution is 2.42. The van der Waals surface area contributed by atoms with Crippen molar-refractivity contribution in [2.24, 2.45) is 11.8 Å². The maximum absolute atomic E-state index is 13.7. The van der Waals surface area contributed by atoms with Crippen molar-refractivity contribution in [1.29, 1.82) is 5.26 Å². The number of anilines is 2. The highest BCUT2D eigenvalue weighted by atomic mass is 19.4. The second-order valence-electron chi connectivity index (χ2n) is 10.2. The number of ketones is 1. The van der Waals surface area contributed by atoms with Gasteiger partial charge in [0.15, 0.2) is 0 Å². The number of H-pyrrole nitrogens is 1. The van der Waals surface area contributed by atoms with Crippen molar-refractivity contribution < 1.29 is 22.8 Å². The number of nitrogens with one attached hydrogen (secondary N) is 1. The van der Waals surface area contributed by atoms with Crippen LogP contribution in [0.25, 0.3) is 0 Å². The smallest absolute Gasteiger partial charge is 0.366 e. The van der Waals surface area contributed by atoms with Gasteiger partial charge in [-0.25, -0.2) is 10.1 Å². The number of halogens is 3. The topological polar surface area (TPSA) is 126 Å². The molecule has 3 fully saturated rings. The molecule has 4 heterocycles. The van der Waals surface area contributed by atoms with Gasteiger partial charge in [0.2, 0.25) is 5.91 Å². The van der Waals surface area contributed by atoms with Crippen LogP contribution in [-0.4, -0.2) is 70.5 Å². The fraction of sp³-hybridized carbons (Fsp3) is 0.538. The summed E-state index contributed by atoms with van der Waals surface area (Å²) in [5.41, 5.74) is -2.42. The van der Waals surface area contributed by atoms with Gasteiger partial charge in [0.25, 0.3) is 5.56 Å². The first kappa shape index (κ1) is 26.6. The lowest BCUT2D eigenvalue weighted by Gasteiger charge is -2.36. The SMILES string of the molecule is N#Cc1ccc(N2CCN(C(=O)C[C@@H]3CC[C@@H]([C@@H]4CCCN4c4cn[nH]c(=O)c4C(F)(F)F)C3=O)CC2)nc1. The summed E-state index contributed by atoms with van der Waals surface area (Å²) in [6, 6.07) is 5.04. The average Bonchev–Trinajstić information content (AvgIpc) is 3.54. The first-order valence-electron chi connectivity index (χ1n) is 13.0. The van der Waals surface area contributed by atoms with Crippen LogP contribution in [0.15, 0.2) is 29.3 Å². The van der Waals surface area contributed by atoms with Gasteiger partial charge in [-0.05, 0) is 37.8 Å². The number of rotatable bonds is 5. The van der Waals surface area contributed by atoms with E-state index >= 15 is 0 Å². The van der Waals surface area contributed by atoms with Crippen LogP contribution >= 0.6 is 0 Å². The lowest BCUT2D eigenvalue weighted by molar-refractivity contribution is -0.138. The van der Waals surface area contributed by atoms with E-state index < -0.39 is 35.2 Å². The third-order valence-corrected chi connectivity index (χ3v) is 8.04. The molecule has 1 aliphatic carbocycles. The molecule has 2 saturated heterocycles. The van der Waals surface area contributed by atoms with E-state index in [1.54, 1.807) is 17.0 Å². The number of Topliss-reactive ketones (excluding diaryl/α,β-unsaturated/α-hetero) is 1. The van der Waals surface area contributed by atoms with Gasteiger partial charge in [-0.3, -0.25) is 14.4 Å². The first-order chi connectivity index (χ1) is 18.7. The molecule has 0 aromatic carbocycles. The molecule has 1 saturated carbocycles. The fourth-order valence-electron chi connectivity index (χ4n) is 6.11. The Morgan fingerprint density at radius 2 is 1.85 bits per heavy atom. The molecule has 5 rings (SSSR count). The van der Waals surface area contributed by atoms with E-state index in [0.717, 1.165) is 12.0 Å². The van der Waals surface area contributed by atoms with Gasteiger partial charge in [-0.1, -0.05) is 0 Å². The molecule has 0 radical (unpaired) electrons. The number of alkyl halides is 3. The monoisotopic (exact) mass is 543 g/mol. The van der Waals surface area contributed by atoms with Crippen LogP contribution in [0.3, 0.4) is 0 Å². The third-order valence-electron chi connectivity index (χ3n) is 8.04. The summed E-state index contributed by atoms with van der Waals surface area (Å²) in [5, 5.41) is 14.4. The Morgan fingerprint density at radius 3 is 2.51 bits per heavy atom. The fourth-order valence-corrected chi connectivity index (χ4v) is 6.11. The number of nitrogens with zero attached hydrogens (tertiary/aromatic N) is 6. The minimum atomic E-state index is -4.85. The quantitative estimate of drug-likeness (QED) is 0.609. The Morgan fingerprint density at radius 1 is 1.08 bits per heavy atom. The number of piperazine rings is 1. The molecule has 1 amide bonds. The van der Waals surface area contributed by atoms with Crippen molar-refractivity contribution in [3.05, 3.63) is 46.0 Å². The lowest BCUT2D eigenvalue weighted by Crippen LogP contribution is -2.49. The van der Waals surface area contributed by atoms with E-state index in [0.29, 0.717) is 64.0 Å². The number of nitriles is 1. The van der Waals surface area contributed by atoms with Crippen molar-refractivity contribution in [3.63, 3.8) is 0 Å². The van der Waals surface area contributed by atoms with Crippen LogP contribution in [0.4, 0.5) is 24.7 Å². The maximum Gasteiger partial charge on any atom is 0.423 e. The number of carbonyl (C=O) groups is 2. The molecule has 2 aromatic rings. The first-order valence-corrected chi connectivity index (χ1v) is 13.0. The second kappa shape index (κ2) is 10.7. The summed E-state index contributed by atoms with van der Waals surface area (Å²) in [7, 11) is 0. The van der Waals surface area contributed by atoms with Crippen molar-refractivity contribution in [2.75, 3.05) is 42.5 Å². The lowest BCUT2D eigenvalue weighted by atomic mass is 9.91. The van der Waals surface area contributed by atoms with Crippen molar-refractivity contribution >= 4 is 23.2 Å². The molecule has 13 heteroatoms. The van der Waals surface area contributed by atoms with Gasteiger partial charge in [0, 0.05) is 63.2 Å².